The lowest BCUT2D eigenvalue weighted by atomic mass is 9.92. The normalized spacial score (nSPS) is 19.0. The van der Waals surface area contributed by atoms with Crippen LogP contribution in [0.3, 0.4) is 0 Å². The molecular formula is C32H39N3O4. The van der Waals surface area contributed by atoms with Crippen molar-refractivity contribution in [1.82, 2.24) is 14.7 Å². The Bertz CT molecular complexity index is 1270. The molecule has 3 aromatic carbocycles. The summed E-state index contributed by atoms with van der Waals surface area (Å²) in [5.74, 6) is -0.650. The Labute approximate surface area is 231 Å². The molecular weight excluding hydrogens is 490 g/mol. The maximum atomic E-state index is 12.9. The van der Waals surface area contributed by atoms with Crippen LogP contribution < -0.4 is 0 Å². The number of carboxylic acid groups (broad SMARTS) is 1. The first-order valence-electron chi connectivity index (χ1n) is 13.7. The third kappa shape index (κ3) is 6.49. The van der Waals surface area contributed by atoms with Crippen LogP contribution >= 0.6 is 0 Å². The summed E-state index contributed by atoms with van der Waals surface area (Å²) in [4.78, 5) is 30.8. The Morgan fingerprint density at radius 3 is 2.10 bits per heavy atom. The number of rotatable bonds is 9. The Hall–Kier alpha value is -3.68. The van der Waals surface area contributed by atoms with E-state index in [0.717, 1.165) is 36.3 Å². The summed E-state index contributed by atoms with van der Waals surface area (Å²) in [6, 6.07) is 22.8. The van der Waals surface area contributed by atoms with Crippen LogP contribution in [0.2, 0.25) is 0 Å². The predicted molar refractivity (Wildman–Crippen MR) is 153 cm³/mol. The zero-order valence-corrected chi connectivity index (χ0v) is 23.2. The molecule has 0 aromatic heterocycles. The fourth-order valence-electron chi connectivity index (χ4n) is 5.56. The van der Waals surface area contributed by atoms with Gasteiger partial charge in [0.25, 0.3) is 5.91 Å². The molecule has 4 rings (SSSR count). The van der Waals surface area contributed by atoms with Crippen LogP contribution in [0.25, 0.3) is 0 Å². The molecule has 7 heteroatoms. The van der Waals surface area contributed by atoms with E-state index in [2.05, 4.69) is 23.6 Å². The van der Waals surface area contributed by atoms with Crippen molar-refractivity contribution in [2.24, 2.45) is 0 Å². The molecule has 0 radical (unpaired) electrons. The largest absolute Gasteiger partial charge is 0.508 e. The summed E-state index contributed by atoms with van der Waals surface area (Å²) in [5.41, 5.74) is 4.15. The first-order chi connectivity index (χ1) is 18.7. The molecule has 1 amide bonds. The van der Waals surface area contributed by atoms with Crippen molar-refractivity contribution in [3.8, 4) is 5.75 Å². The van der Waals surface area contributed by atoms with Crippen LogP contribution in [0.15, 0.2) is 72.8 Å². The highest BCUT2D eigenvalue weighted by atomic mass is 16.4. The van der Waals surface area contributed by atoms with E-state index in [9.17, 15) is 19.8 Å². The van der Waals surface area contributed by atoms with Gasteiger partial charge < -0.3 is 15.1 Å². The topological polar surface area (TPSA) is 84.3 Å². The molecule has 39 heavy (non-hydrogen) atoms. The Morgan fingerprint density at radius 2 is 1.51 bits per heavy atom. The Balaban J connectivity index is 1.58. The molecule has 1 heterocycles. The van der Waals surface area contributed by atoms with Gasteiger partial charge in [0.2, 0.25) is 0 Å². The van der Waals surface area contributed by atoms with Gasteiger partial charge in [-0.05, 0) is 80.8 Å². The van der Waals surface area contributed by atoms with Gasteiger partial charge >= 0.3 is 5.97 Å². The lowest BCUT2D eigenvalue weighted by Crippen LogP contribution is -2.56. The van der Waals surface area contributed by atoms with Crippen molar-refractivity contribution in [1.29, 1.82) is 0 Å². The molecule has 0 spiro atoms. The van der Waals surface area contributed by atoms with Gasteiger partial charge in [-0.2, -0.15) is 0 Å². The van der Waals surface area contributed by atoms with Crippen molar-refractivity contribution in [3.63, 3.8) is 0 Å². The van der Waals surface area contributed by atoms with Gasteiger partial charge in [0, 0.05) is 50.4 Å². The van der Waals surface area contributed by atoms with Crippen molar-refractivity contribution in [3.05, 3.63) is 101 Å². The zero-order valence-electron chi connectivity index (χ0n) is 23.2. The van der Waals surface area contributed by atoms with Crippen molar-refractivity contribution in [2.75, 3.05) is 26.2 Å². The number of carbonyl (C=O) groups excluding carboxylic acids is 1. The van der Waals surface area contributed by atoms with E-state index in [4.69, 9.17) is 0 Å². The minimum atomic E-state index is -0.916. The first kappa shape index (κ1) is 28.3. The van der Waals surface area contributed by atoms with Crippen LogP contribution in [0.5, 0.6) is 5.75 Å². The molecule has 3 atom stereocenters. The fourth-order valence-corrected chi connectivity index (χ4v) is 5.56. The molecule has 0 saturated carbocycles. The molecule has 0 bridgehead atoms. The number of piperazine rings is 1. The van der Waals surface area contributed by atoms with Gasteiger partial charge in [-0.25, -0.2) is 4.79 Å². The van der Waals surface area contributed by atoms with Crippen molar-refractivity contribution in [2.45, 2.75) is 52.4 Å². The van der Waals surface area contributed by atoms with Crippen LogP contribution in [0, 0.1) is 0 Å². The van der Waals surface area contributed by atoms with Crippen molar-refractivity contribution >= 4 is 11.9 Å². The number of hydrogen-bond donors (Lipinski definition) is 2. The lowest BCUT2D eigenvalue weighted by Gasteiger charge is -2.47. The minimum absolute atomic E-state index is 0.0347. The second-order valence-electron chi connectivity index (χ2n) is 10.4. The lowest BCUT2D eigenvalue weighted by molar-refractivity contribution is 0.0195. The van der Waals surface area contributed by atoms with E-state index in [0.29, 0.717) is 24.2 Å². The maximum Gasteiger partial charge on any atom is 0.335 e. The van der Waals surface area contributed by atoms with E-state index in [1.54, 1.807) is 18.2 Å². The third-order valence-corrected chi connectivity index (χ3v) is 7.79. The Morgan fingerprint density at radius 1 is 0.872 bits per heavy atom. The van der Waals surface area contributed by atoms with Crippen LogP contribution in [-0.4, -0.2) is 75.1 Å². The highest BCUT2D eigenvalue weighted by molar-refractivity contribution is 5.94. The van der Waals surface area contributed by atoms with Gasteiger partial charge in [-0.15, -0.1) is 0 Å². The second kappa shape index (κ2) is 12.5. The maximum absolute atomic E-state index is 12.9. The SMILES string of the molecule is CCN(CC)C(=O)c1ccc(C(c2cccc(O)c2)N2C[C@@H](C)N(Cc3ccc(C(=O)O)cc3)C[C@@H]2C)cc1. The number of aromatic hydroxyl groups is 1. The van der Waals surface area contributed by atoms with Gasteiger partial charge in [0.05, 0.1) is 11.6 Å². The van der Waals surface area contributed by atoms with E-state index in [1.165, 1.54) is 0 Å². The fraction of sp³-hybridized carbons (Fsp3) is 0.375. The minimum Gasteiger partial charge on any atom is -0.508 e. The number of benzene rings is 3. The quantitative estimate of drug-likeness (QED) is 0.394. The second-order valence-corrected chi connectivity index (χ2v) is 10.4. The number of phenols is 1. The highest BCUT2D eigenvalue weighted by Gasteiger charge is 2.35. The Kier molecular flexibility index (Phi) is 9.04. The molecule has 3 aromatic rings. The number of aromatic carboxylic acids is 1. The number of carboxylic acids is 1. The molecule has 1 aliphatic rings. The molecule has 7 nitrogen and oxygen atoms in total. The van der Waals surface area contributed by atoms with Crippen LogP contribution in [-0.2, 0) is 6.54 Å². The molecule has 2 N–H and O–H groups in total. The number of nitrogens with zero attached hydrogens (tertiary/aromatic N) is 3. The first-order valence-corrected chi connectivity index (χ1v) is 13.7. The van der Waals surface area contributed by atoms with Gasteiger partial charge in [-0.1, -0.05) is 36.4 Å². The summed E-state index contributed by atoms with van der Waals surface area (Å²) in [5, 5.41) is 19.5. The highest BCUT2D eigenvalue weighted by Crippen LogP contribution is 2.35. The third-order valence-electron chi connectivity index (χ3n) is 7.79. The average molecular weight is 530 g/mol. The van der Waals surface area contributed by atoms with E-state index >= 15 is 0 Å². The standard InChI is InChI=1S/C32H39N3O4/c1-5-33(6-2)31(37)26-16-14-25(15-17-26)30(28-8-7-9-29(36)18-28)35-20-22(3)34(19-23(35)4)21-24-10-12-27(13-11-24)32(38)39/h7-18,22-23,30,36H,5-6,19-21H2,1-4H3,(H,38,39)/t22-,23+,30?/m1/s1. The van der Waals surface area contributed by atoms with Gasteiger partial charge in [0.1, 0.15) is 5.75 Å². The van der Waals surface area contributed by atoms with Crippen molar-refractivity contribution < 1.29 is 19.8 Å². The molecule has 1 fully saturated rings. The number of hydrogen-bond acceptors (Lipinski definition) is 5. The van der Waals surface area contributed by atoms with Gasteiger partial charge in [0.15, 0.2) is 0 Å². The smallest absolute Gasteiger partial charge is 0.335 e. The van der Waals surface area contributed by atoms with Crippen LogP contribution in [0.1, 0.15) is 71.1 Å². The number of phenolic OH excluding ortho intramolecular Hbond substituents is 1. The summed E-state index contributed by atoms with van der Waals surface area (Å²) in [7, 11) is 0. The zero-order chi connectivity index (χ0) is 28.1. The van der Waals surface area contributed by atoms with Crippen LogP contribution in [0.4, 0.5) is 0 Å². The molecule has 206 valence electrons. The summed E-state index contributed by atoms with van der Waals surface area (Å²) >= 11 is 0. The molecule has 1 saturated heterocycles. The summed E-state index contributed by atoms with van der Waals surface area (Å²) in [6.45, 7) is 12.2. The number of amides is 1. The van der Waals surface area contributed by atoms with E-state index < -0.39 is 5.97 Å². The molecule has 1 aliphatic heterocycles. The predicted octanol–water partition coefficient (Wildman–Crippen LogP) is 5.26. The summed E-state index contributed by atoms with van der Waals surface area (Å²) in [6.07, 6.45) is 0. The van der Waals surface area contributed by atoms with E-state index in [-0.39, 0.29) is 29.8 Å². The molecule has 0 aliphatic carbocycles. The monoisotopic (exact) mass is 529 g/mol. The summed E-state index contributed by atoms with van der Waals surface area (Å²) < 4.78 is 0. The molecule has 1 unspecified atom stereocenters. The average Bonchev–Trinajstić information content (AvgIpc) is 2.93. The van der Waals surface area contributed by atoms with E-state index in [1.807, 2.05) is 73.3 Å². The van der Waals surface area contributed by atoms with Gasteiger partial charge in [-0.3, -0.25) is 14.6 Å². The number of carbonyl (C=O) groups is 2.